The number of hydrogen-bond acceptors (Lipinski definition) is 4. The molecular weight excluding hydrogens is 396 g/mol. The normalized spacial score (nSPS) is 16.6. The molecule has 4 rings (SSSR count). The molecular formula is C20H19ClN4O2S. The van der Waals surface area contributed by atoms with Crippen molar-refractivity contribution < 1.29 is 9.59 Å². The van der Waals surface area contributed by atoms with E-state index in [0.717, 1.165) is 21.9 Å². The number of thioether (sulfide) groups is 1. The Bertz CT molecular complexity index is 1080. The van der Waals surface area contributed by atoms with Gasteiger partial charge in [-0.3, -0.25) is 9.59 Å². The monoisotopic (exact) mass is 414 g/mol. The average molecular weight is 415 g/mol. The number of nitrogens with zero attached hydrogens (tertiary/aromatic N) is 3. The fourth-order valence-electron chi connectivity index (χ4n) is 3.44. The number of carbonyl (C=O) groups excluding carboxylic acids is 2. The summed E-state index contributed by atoms with van der Waals surface area (Å²) in [5.41, 5.74) is 3.15. The van der Waals surface area contributed by atoms with E-state index in [4.69, 9.17) is 11.6 Å². The van der Waals surface area contributed by atoms with E-state index in [1.54, 1.807) is 4.90 Å². The van der Waals surface area contributed by atoms with E-state index in [1.165, 1.54) is 11.8 Å². The Morgan fingerprint density at radius 2 is 2.11 bits per heavy atom. The first-order valence-electron chi connectivity index (χ1n) is 8.90. The summed E-state index contributed by atoms with van der Waals surface area (Å²) in [5.74, 6) is 0.0688. The number of fused-ring (bicyclic) bond motifs is 2. The zero-order valence-electron chi connectivity index (χ0n) is 15.5. The van der Waals surface area contributed by atoms with E-state index in [0.29, 0.717) is 10.7 Å². The van der Waals surface area contributed by atoms with Gasteiger partial charge in [-0.05, 0) is 37.3 Å². The van der Waals surface area contributed by atoms with E-state index in [-0.39, 0.29) is 30.0 Å². The van der Waals surface area contributed by atoms with Crippen LogP contribution in [0.4, 0.5) is 11.4 Å². The highest BCUT2D eigenvalue weighted by atomic mass is 35.5. The molecule has 0 fully saturated rings. The van der Waals surface area contributed by atoms with Crippen molar-refractivity contribution in [3.63, 3.8) is 0 Å². The fraction of sp³-hybridized carbons (Fsp3) is 0.250. The van der Waals surface area contributed by atoms with Crippen molar-refractivity contribution in [3.8, 4) is 0 Å². The molecule has 8 heteroatoms. The summed E-state index contributed by atoms with van der Waals surface area (Å²) in [6.45, 7) is 1.89. The van der Waals surface area contributed by atoms with E-state index in [1.807, 2.05) is 61.0 Å². The number of para-hydroxylation sites is 2. The maximum Gasteiger partial charge on any atom is 0.237 e. The number of carbonyl (C=O) groups is 2. The molecule has 0 radical (unpaired) electrons. The topological polar surface area (TPSA) is 67.2 Å². The lowest BCUT2D eigenvalue weighted by Crippen LogP contribution is -2.40. The van der Waals surface area contributed by atoms with Gasteiger partial charge in [0, 0.05) is 24.5 Å². The van der Waals surface area contributed by atoms with Crippen LogP contribution in [0.25, 0.3) is 11.0 Å². The summed E-state index contributed by atoms with van der Waals surface area (Å²) in [4.78, 5) is 31.5. The lowest BCUT2D eigenvalue weighted by atomic mass is 10.2. The number of hydrogen-bond donors (Lipinski definition) is 1. The van der Waals surface area contributed by atoms with Crippen molar-refractivity contribution in [1.82, 2.24) is 9.55 Å². The van der Waals surface area contributed by atoms with Gasteiger partial charge in [0.25, 0.3) is 0 Å². The van der Waals surface area contributed by atoms with Gasteiger partial charge >= 0.3 is 0 Å². The SMILES string of the molecule is CC1CC(=O)Nc2ccccc2N1C(=O)CSc1nc2cc(Cl)ccc2n1C. The van der Waals surface area contributed by atoms with Crippen LogP contribution in [-0.2, 0) is 16.6 Å². The minimum Gasteiger partial charge on any atom is -0.324 e. The number of aryl methyl sites for hydroxylation is 1. The summed E-state index contributed by atoms with van der Waals surface area (Å²) >= 11 is 7.43. The van der Waals surface area contributed by atoms with Gasteiger partial charge in [0.15, 0.2) is 5.16 Å². The lowest BCUT2D eigenvalue weighted by Gasteiger charge is -2.27. The molecule has 2 heterocycles. The predicted octanol–water partition coefficient (Wildman–Crippen LogP) is 4.08. The molecule has 6 nitrogen and oxygen atoms in total. The summed E-state index contributed by atoms with van der Waals surface area (Å²) < 4.78 is 1.95. The van der Waals surface area contributed by atoms with Gasteiger partial charge in [-0.25, -0.2) is 4.98 Å². The largest absolute Gasteiger partial charge is 0.324 e. The third kappa shape index (κ3) is 3.47. The first kappa shape index (κ1) is 18.8. The highest BCUT2D eigenvalue weighted by molar-refractivity contribution is 7.99. The van der Waals surface area contributed by atoms with Crippen molar-refractivity contribution in [3.05, 3.63) is 47.5 Å². The number of amides is 2. The van der Waals surface area contributed by atoms with E-state index in [9.17, 15) is 9.59 Å². The number of halogens is 1. The van der Waals surface area contributed by atoms with Gasteiger partial charge in [0.1, 0.15) is 0 Å². The van der Waals surface area contributed by atoms with Crippen LogP contribution >= 0.6 is 23.4 Å². The first-order valence-corrected chi connectivity index (χ1v) is 10.3. The maximum atomic E-state index is 13.1. The van der Waals surface area contributed by atoms with Crippen LogP contribution < -0.4 is 10.2 Å². The third-order valence-electron chi connectivity index (χ3n) is 4.75. The van der Waals surface area contributed by atoms with Crippen LogP contribution in [0.5, 0.6) is 0 Å². The predicted molar refractivity (Wildman–Crippen MR) is 113 cm³/mol. The molecule has 144 valence electrons. The van der Waals surface area contributed by atoms with Crippen LogP contribution in [0.1, 0.15) is 13.3 Å². The molecule has 28 heavy (non-hydrogen) atoms. The van der Waals surface area contributed by atoms with Gasteiger partial charge < -0.3 is 14.8 Å². The molecule has 1 aliphatic heterocycles. The molecule has 2 aromatic carbocycles. The van der Waals surface area contributed by atoms with Crippen LogP contribution in [-0.4, -0.2) is 33.2 Å². The van der Waals surface area contributed by atoms with Crippen LogP contribution in [0.2, 0.25) is 5.02 Å². The molecule has 1 aliphatic rings. The Morgan fingerprint density at radius 1 is 1.32 bits per heavy atom. The van der Waals surface area contributed by atoms with Crippen molar-refractivity contribution >= 4 is 57.6 Å². The quantitative estimate of drug-likeness (QED) is 0.655. The Balaban J connectivity index is 1.58. The van der Waals surface area contributed by atoms with Crippen LogP contribution in [0.15, 0.2) is 47.6 Å². The third-order valence-corrected chi connectivity index (χ3v) is 6.00. The maximum absolute atomic E-state index is 13.1. The van der Waals surface area contributed by atoms with E-state index < -0.39 is 0 Å². The van der Waals surface area contributed by atoms with E-state index >= 15 is 0 Å². The summed E-state index contributed by atoms with van der Waals surface area (Å²) in [6.07, 6.45) is 0.260. The lowest BCUT2D eigenvalue weighted by molar-refractivity contribution is -0.117. The average Bonchev–Trinajstić information content (AvgIpc) is 2.88. The molecule has 1 N–H and O–H groups in total. The second kappa shape index (κ2) is 7.48. The summed E-state index contributed by atoms with van der Waals surface area (Å²) in [5, 5.41) is 4.25. The molecule has 1 atom stereocenters. The molecule has 0 aliphatic carbocycles. The second-order valence-corrected chi connectivity index (χ2v) is 8.14. The van der Waals surface area contributed by atoms with Crippen molar-refractivity contribution in [2.45, 2.75) is 24.5 Å². The highest BCUT2D eigenvalue weighted by Crippen LogP contribution is 2.32. The Kier molecular flexibility index (Phi) is 5.03. The van der Waals surface area contributed by atoms with Gasteiger partial charge in [-0.1, -0.05) is 35.5 Å². The van der Waals surface area contributed by atoms with Gasteiger partial charge in [0.2, 0.25) is 11.8 Å². The van der Waals surface area contributed by atoms with Gasteiger partial charge in [0.05, 0.1) is 28.2 Å². The molecule has 0 bridgehead atoms. The molecule has 0 saturated carbocycles. The molecule has 3 aromatic rings. The number of aromatic nitrogens is 2. The van der Waals surface area contributed by atoms with Crippen molar-refractivity contribution in [1.29, 1.82) is 0 Å². The standard InChI is InChI=1S/C20H19ClN4O2S/c1-12-9-18(26)22-14-5-3-4-6-17(14)25(12)19(27)11-28-20-23-15-10-13(21)7-8-16(15)24(20)2/h3-8,10,12H,9,11H2,1-2H3,(H,22,26). The number of nitrogens with one attached hydrogen (secondary N) is 1. The van der Waals surface area contributed by atoms with Gasteiger partial charge in [-0.2, -0.15) is 0 Å². The van der Waals surface area contributed by atoms with Crippen molar-refractivity contribution in [2.75, 3.05) is 16.0 Å². The van der Waals surface area contributed by atoms with Gasteiger partial charge in [-0.15, -0.1) is 0 Å². The number of benzene rings is 2. The Labute approximate surface area is 171 Å². The number of imidazole rings is 1. The summed E-state index contributed by atoms with van der Waals surface area (Å²) in [6, 6.07) is 12.7. The van der Waals surface area contributed by atoms with Crippen LogP contribution in [0.3, 0.4) is 0 Å². The second-order valence-electron chi connectivity index (χ2n) is 6.76. The molecule has 0 spiro atoms. The molecule has 2 amide bonds. The number of rotatable bonds is 3. The zero-order chi connectivity index (χ0) is 19.8. The highest BCUT2D eigenvalue weighted by Gasteiger charge is 2.29. The molecule has 0 saturated heterocycles. The number of anilines is 2. The molecule has 1 unspecified atom stereocenters. The van der Waals surface area contributed by atoms with E-state index in [2.05, 4.69) is 10.3 Å². The fourth-order valence-corrected chi connectivity index (χ4v) is 4.46. The summed E-state index contributed by atoms with van der Waals surface area (Å²) in [7, 11) is 1.92. The Hall–Kier alpha value is -2.51. The minimum atomic E-state index is -0.226. The minimum absolute atomic E-state index is 0.0634. The molecule has 1 aromatic heterocycles. The van der Waals surface area contributed by atoms with Crippen molar-refractivity contribution in [2.24, 2.45) is 7.05 Å². The Morgan fingerprint density at radius 3 is 2.93 bits per heavy atom. The zero-order valence-corrected chi connectivity index (χ0v) is 17.0. The first-order chi connectivity index (χ1) is 13.4. The van der Waals surface area contributed by atoms with Crippen LogP contribution in [0, 0.1) is 0 Å². The smallest absolute Gasteiger partial charge is 0.237 e.